The Labute approximate surface area is 181 Å². The van der Waals surface area contributed by atoms with Crippen LogP contribution in [0.2, 0.25) is 0 Å². The van der Waals surface area contributed by atoms with Gasteiger partial charge in [-0.15, -0.1) is 0 Å². The Morgan fingerprint density at radius 1 is 1.10 bits per heavy atom. The summed E-state index contributed by atoms with van der Waals surface area (Å²) >= 11 is 0. The van der Waals surface area contributed by atoms with Gasteiger partial charge in [-0.1, -0.05) is 42.5 Å². The van der Waals surface area contributed by atoms with E-state index < -0.39 is 17.5 Å². The minimum Gasteiger partial charge on any atom is -0.488 e. The summed E-state index contributed by atoms with van der Waals surface area (Å²) < 4.78 is 5.93. The zero-order chi connectivity index (χ0) is 22.4. The third-order valence-electron chi connectivity index (χ3n) is 4.87. The zero-order valence-electron chi connectivity index (χ0n) is 17.8. The first-order valence-electron chi connectivity index (χ1n) is 10.0. The van der Waals surface area contributed by atoms with Crippen molar-refractivity contribution in [1.82, 2.24) is 15.6 Å². The van der Waals surface area contributed by atoms with Gasteiger partial charge in [0.2, 0.25) is 5.91 Å². The molecule has 8 nitrogen and oxygen atoms in total. The SMILES string of the molecule is C/C(=N/NC(=O)CCN1C(=O)NC(C)(C)C1=O)c1ccccc1OCc1ccccc1. The molecule has 0 spiro atoms. The summed E-state index contributed by atoms with van der Waals surface area (Å²) in [6, 6.07) is 16.8. The van der Waals surface area contributed by atoms with Gasteiger partial charge in [-0.25, -0.2) is 10.2 Å². The van der Waals surface area contributed by atoms with Gasteiger partial charge in [-0.05, 0) is 38.5 Å². The number of carbonyl (C=O) groups excluding carboxylic acids is 3. The molecule has 0 unspecified atom stereocenters. The molecule has 0 aromatic heterocycles. The number of imide groups is 1. The van der Waals surface area contributed by atoms with Crippen molar-refractivity contribution in [3.05, 3.63) is 65.7 Å². The van der Waals surface area contributed by atoms with Crippen molar-refractivity contribution in [2.75, 3.05) is 6.54 Å². The quantitative estimate of drug-likeness (QED) is 0.388. The van der Waals surface area contributed by atoms with Crippen molar-refractivity contribution in [2.24, 2.45) is 5.10 Å². The molecule has 1 saturated heterocycles. The fourth-order valence-corrected chi connectivity index (χ4v) is 3.12. The first-order chi connectivity index (χ1) is 14.8. The lowest BCUT2D eigenvalue weighted by Crippen LogP contribution is -2.40. The predicted molar refractivity (Wildman–Crippen MR) is 117 cm³/mol. The van der Waals surface area contributed by atoms with Crippen LogP contribution in [0.15, 0.2) is 59.7 Å². The molecule has 2 aromatic rings. The van der Waals surface area contributed by atoms with E-state index >= 15 is 0 Å². The normalized spacial score (nSPS) is 15.6. The van der Waals surface area contributed by atoms with Gasteiger partial charge in [0.25, 0.3) is 5.91 Å². The fraction of sp³-hybridized carbons (Fsp3) is 0.304. The van der Waals surface area contributed by atoms with Crippen LogP contribution in [0, 0.1) is 0 Å². The second-order valence-corrected chi connectivity index (χ2v) is 7.76. The molecular weight excluding hydrogens is 396 g/mol. The van der Waals surface area contributed by atoms with E-state index in [4.69, 9.17) is 4.74 Å². The summed E-state index contributed by atoms with van der Waals surface area (Å²) in [5.74, 6) is -0.0924. The number of hydrogen-bond donors (Lipinski definition) is 2. The smallest absolute Gasteiger partial charge is 0.325 e. The average Bonchev–Trinajstić information content (AvgIpc) is 2.96. The second-order valence-electron chi connectivity index (χ2n) is 7.76. The monoisotopic (exact) mass is 422 g/mol. The molecule has 0 saturated carbocycles. The number of hydrazone groups is 1. The van der Waals surface area contributed by atoms with Crippen molar-refractivity contribution >= 4 is 23.6 Å². The number of nitrogens with zero attached hydrogens (tertiary/aromatic N) is 2. The molecule has 8 heteroatoms. The Bertz CT molecular complexity index is 1000. The van der Waals surface area contributed by atoms with E-state index in [0.29, 0.717) is 18.1 Å². The minimum atomic E-state index is -0.953. The lowest BCUT2D eigenvalue weighted by Gasteiger charge is -2.15. The van der Waals surface area contributed by atoms with Crippen molar-refractivity contribution < 1.29 is 19.1 Å². The van der Waals surface area contributed by atoms with Crippen LogP contribution in [0.4, 0.5) is 4.79 Å². The molecular formula is C23H26N4O4. The third kappa shape index (κ3) is 5.48. The second kappa shape index (κ2) is 9.42. The van der Waals surface area contributed by atoms with Gasteiger partial charge in [-0.3, -0.25) is 14.5 Å². The first-order valence-corrected chi connectivity index (χ1v) is 10.0. The number of carbonyl (C=O) groups is 3. The van der Waals surface area contributed by atoms with Gasteiger partial charge in [0.05, 0.1) is 5.71 Å². The molecule has 0 bridgehead atoms. The number of urea groups is 1. The molecule has 0 aliphatic carbocycles. The van der Waals surface area contributed by atoms with E-state index in [1.807, 2.05) is 54.6 Å². The summed E-state index contributed by atoms with van der Waals surface area (Å²) in [7, 11) is 0. The molecule has 1 fully saturated rings. The van der Waals surface area contributed by atoms with Crippen molar-refractivity contribution in [1.29, 1.82) is 0 Å². The van der Waals surface area contributed by atoms with Crippen LogP contribution in [0.1, 0.15) is 38.3 Å². The Morgan fingerprint density at radius 2 is 1.77 bits per heavy atom. The number of nitrogens with one attached hydrogen (secondary N) is 2. The van der Waals surface area contributed by atoms with Gasteiger partial charge < -0.3 is 10.1 Å². The summed E-state index contributed by atoms with van der Waals surface area (Å²) in [5.41, 5.74) is 3.91. The van der Waals surface area contributed by atoms with Gasteiger partial charge in [-0.2, -0.15) is 5.10 Å². The number of hydrogen-bond acceptors (Lipinski definition) is 5. The highest BCUT2D eigenvalue weighted by Crippen LogP contribution is 2.20. The number of ether oxygens (including phenoxy) is 1. The van der Waals surface area contributed by atoms with Gasteiger partial charge in [0, 0.05) is 18.5 Å². The van der Waals surface area contributed by atoms with E-state index in [1.54, 1.807) is 20.8 Å². The van der Waals surface area contributed by atoms with Gasteiger partial charge in [0.15, 0.2) is 0 Å². The molecule has 0 radical (unpaired) electrons. The third-order valence-corrected chi connectivity index (χ3v) is 4.87. The minimum absolute atomic E-state index is 0.00866. The fourth-order valence-electron chi connectivity index (χ4n) is 3.12. The summed E-state index contributed by atoms with van der Waals surface area (Å²) in [4.78, 5) is 37.3. The number of rotatable bonds is 8. The molecule has 3 rings (SSSR count). The number of benzene rings is 2. The molecule has 4 amide bonds. The van der Waals surface area contributed by atoms with E-state index in [2.05, 4.69) is 15.8 Å². The molecule has 2 aromatic carbocycles. The molecule has 31 heavy (non-hydrogen) atoms. The maximum atomic E-state index is 12.2. The van der Waals surface area contributed by atoms with E-state index in [0.717, 1.165) is 16.0 Å². The highest BCUT2D eigenvalue weighted by Gasteiger charge is 2.43. The Kier molecular flexibility index (Phi) is 6.69. The Morgan fingerprint density at radius 3 is 2.45 bits per heavy atom. The molecule has 162 valence electrons. The number of amides is 4. The maximum absolute atomic E-state index is 12.2. The van der Waals surface area contributed by atoms with Crippen LogP contribution in [0.3, 0.4) is 0 Å². The van der Waals surface area contributed by atoms with E-state index in [9.17, 15) is 14.4 Å². The van der Waals surface area contributed by atoms with Gasteiger partial charge in [0.1, 0.15) is 17.9 Å². The average molecular weight is 422 g/mol. The molecule has 0 atom stereocenters. The van der Waals surface area contributed by atoms with Crippen LogP contribution in [-0.2, 0) is 16.2 Å². The van der Waals surface area contributed by atoms with Crippen LogP contribution < -0.4 is 15.5 Å². The van der Waals surface area contributed by atoms with Crippen LogP contribution in [-0.4, -0.2) is 40.5 Å². The maximum Gasteiger partial charge on any atom is 0.325 e. The van der Waals surface area contributed by atoms with Crippen molar-refractivity contribution in [2.45, 2.75) is 39.3 Å². The topological polar surface area (TPSA) is 100 Å². The van der Waals surface area contributed by atoms with E-state index in [-0.39, 0.29) is 18.9 Å². The molecule has 1 aliphatic rings. The molecule has 1 aliphatic heterocycles. The lowest BCUT2D eigenvalue weighted by atomic mass is 10.1. The Balaban J connectivity index is 1.57. The summed E-state index contributed by atoms with van der Waals surface area (Å²) in [5, 5.41) is 6.74. The van der Waals surface area contributed by atoms with Crippen LogP contribution in [0.5, 0.6) is 5.75 Å². The van der Waals surface area contributed by atoms with Crippen molar-refractivity contribution in [3.8, 4) is 5.75 Å². The lowest BCUT2D eigenvalue weighted by molar-refractivity contribution is -0.130. The number of para-hydroxylation sites is 1. The molecule has 1 heterocycles. The Hall–Kier alpha value is -3.68. The van der Waals surface area contributed by atoms with Crippen LogP contribution >= 0.6 is 0 Å². The largest absolute Gasteiger partial charge is 0.488 e. The summed E-state index contributed by atoms with van der Waals surface area (Å²) in [6.45, 7) is 5.42. The summed E-state index contributed by atoms with van der Waals surface area (Å²) in [6.07, 6.45) is -0.0435. The van der Waals surface area contributed by atoms with Gasteiger partial charge >= 0.3 is 6.03 Å². The standard InChI is InChI=1S/C23H26N4O4/c1-16(18-11-7-8-12-19(18)31-15-17-9-5-4-6-10-17)25-26-20(28)13-14-27-21(29)23(2,3)24-22(27)30/h4-12H,13-15H2,1-3H3,(H,24,30)(H,26,28)/b25-16-. The first kappa shape index (κ1) is 22.0. The zero-order valence-corrected chi connectivity index (χ0v) is 17.8. The van der Waals surface area contributed by atoms with Crippen molar-refractivity contribution in [3.63, 3.8) is 0 Å². The molecule has 2 N–H and O–H groups in total. The highest BCUT2D eigenvalue weighted by atomic mass is 16.5. The van der Waals surface area contributed by atoms with E-state index in [1.165, 1.54) is 0 Å². The predicted octanol–water partition coefficient (Wildman–Crippen LogP) is 2.83. The highest BCUT2D eigenvalue weighted by molar-refractivity contribution is 6.06. The van der Waals surface area contributed by atoms with Crippen LogP contribution in [0.25, 0.3) is 0 Å².